The summed E-state index contributed by atoms with van der Waals surface area (Å²) in [6.07, 6.45) is 5.69. The van der Waals surface area contributed by atoms with Gasteiger partial charge in [-0.05, 0) is 18.9 Å². The van der Waals surface area contributed by atoms with Crippen LogP contribution < -0.4 is 0 Å². The van der Waals surface area contributed by atoms with Crippen LogP contribution in [0.3, 0.4) is 0 Å². The number of H-pyrrole nitrogens is 1. The van der Waals surface area contributed by atoms with Gasteiger partial charge in [0.1, 0.15) is 17.1 Å². The van der Waals surface area contributed by atoms with E-state index in [0.29, 0.717) is 30.1 Å². The number of nitrogens with one attached hydrogen (secondary N) is 1. The number of aliphatic hydroxyl groups is 1. The van der Waals surface area contributed by atoms with E-state index in [-0.39, 0.29) is 12.5 Å². The number of hydrogen-bond acceptors (Lipinski definition) is 5. The van der Waals surface area contributed by atoms with Crippen LogP contribution in [0.1, 0.15) is 47.0 Å². The molecule has 1 saturated heterocycles. The zero-order valence-corrected chi connectivity index (χ0v) is 11.5. The van der Waals surface area contributed by atoms with Crippen molar-refractivity contribution in [2.45, 2.75) is 30.8 Å². The molecular formula is C14H16N4O3. The molecule has 0 aromatic carbocycles. The maximum absolute atomic E-state index is 12.6. The summed E-state index contributed by atoms with van der Waals surface area (Å²) in [5.74, 6) is 1.10. The van der Waals surface area contributed by atoms with E-state index in [4.69, 9.17) is 4.42 Å². The van der Waals surface area contributed by atoms with E-state index in [0.717, 1.165) is 18.6 Å². The van der Waals surface area contributed by atoms with Gasteiger partial charge in [-0.1, -0.05) is 0 Å². The van der Waals surface area contributed by atoms with Crippen molar-refractivity contribution in [2.75, 3.05) is 13.1 Å². The lowest BCUT2D eigenvalue weighted by atomic mass is 10.00. The van der Waals surface area contributed by atoms with Gasteiger partial charge in [-0.2, -0.15) is 15.4 Å². The van der Waals surface area contributed by atoms with E-state index in [1.165, 1.54) is 6.20 Å². The van der Waals surface area contributed by atoms with Crippen molar-refractivity contribution in [1.29, 1.82) is 0 Å². The maximum Gasteiger partial charge on any atom is 0.257 e. The molecule has 3 heterocycles. The number of carbonyl (C=O) groups is 1. The average molecular weight is 288 g/mol. The van der Waals surface area contributed by atoms with Gasteiger partial charge in [-0.3, -0.25) is 4.79 Å². The minimum absolute atomic E-state index is 0.0786. The largest absolute Gasteiger partial charge is 0.468 e. The fourth-order valence-corrected chi connectivity index (χ4v) is 2.93. The lowest BCUT2D eigenvalue weighted by molar-refractivity contribution is 0.0381. The third-order valence-corrected chi connectivity index (χ3v) is 4.30. The van der Waals surface area contributed by atoms with Crippen molar-refractivity contribution in [1.82, 2.24) is 20.3 Å². The summed E-state index contributed by atoms with van der Waals surface area (Å²) in [7, 11) is 0. The third-order valence-electron chi connectivity index (χ3n) is 4.30. The number of furan rings is 1. The Hall–Kier alpha value is -2.15. The van der Waals surface area contributed by atoms with Crippen molar-refractivity contribution >= 4 is 5.91 Å². The highest BCUT2D eigenvalue weighted by molar-refractivity contribution is 5.95. The van der Waals surface area contributed by atoms with Crippen LogP contribution >= 0.6 is 0 Å². The molecule has 1 atom stereocenters. The monoisotopic (exact) mass is 288 g/mol. The first-order valence-electron chi connectivity index (χ1n) is 7.13. The number of nitrogens with zero attached hydrogens (tertiary/aromatic N) is 3. The van der Waals surface area contributed by atoms with Gasteiger partial charge < -0.3 is 14.4 Å². The van der Waals surface area contributed by atoms with Crippen molar-refractivity contribution in [3.05, 3.63) is 35.5 Å². The second-order valence-corrected chi connectivity index (χ2v) is 5.84. The summed E-state index contributed by atoms with van der Waals surface area (Å²) in [5, 5.41) is 20.8. The molecule has 1 amide bonds. The van der Waals surface area contributed by atoms with Gasteiger partial charge >= 0.3 is 0 Å². The summed E-state index contributed by atoms with van der Waals surface area (Å²) in [4.78, 5) is 14.3. The van der Waals surface area contributed by atoms with Gasteiger partial charge in [0.25, 0.3) is 5.91 Å². The van der Waals surface area contributed by atoms with Crippen molar-refractivity contribution in [3.63, 3.8) is 0 Å². The maximum atomic E-state index is 12.6. The van der Waals surface area contributed by atoms with Crippen LogP contribution in [-0.2, 0) is 5.60 Å². The van der Waals surface area contributed by atoms with E-state index in [1.54, 1.807) is 17.2 Å². The van der Waals surface area contributed by atoms with E-state index in [1.807, 2.05) is 0 Å². The van der Waals surface area contributed by atoms with Gasteiger partial charge in [-0.15, -0.1) is 0 Å². The number of amides is 1. The van der Waals surface area contributed by atoms with E-state index < -0.39 is 5.60 Å². The van der Waals surface area contributed by atoms with Crippen molar-refractivity contribution in [3.8, 4) is 0 Å². The molecule has 1 aliphatic heterocycles. The van der Waals surface area contributed by atoms with Gasteiger partial charge in [0.05, 0.1) is 24.6 Å². The second-order valence-electron chi connectivity index (χ2n) is 5.84. The normalized spacial score (nSPS) is 25.5. The molecule has 0 unspecified atom stereocenters. The molecule has 0 bridgehead atoms. The lowest BCUT2D eigenvalue weighted by Gasteiger charge is -2.21. The van der Waals surface area contributed by atoms with Crippen LogP contribution in [-0.4, -0.2) is 44.4 Å². The number of likely N-dealkylation sites (tertiary alicyclic amines) is 1. The fraction of sp³-hybridized carbons (Fsp3) is 0.500. The Kier molecular flexibility index (Phi) is 2.65. The number of aromatic nitrogens is 3. The standard InChI is InChI=1S/C14H16N4O3/c19-13(10-3-6-21-12(10)9-1-2-9)18-5-4-14(20,8-18)11-7-15-17-16-11/h3,6-7,9,20H,1-2,4-5,8H2,(H,15,16,17)/t14-/m1/s1. The van der Waals surface area contributed by atoms with Crippen LogP contribution in [0.5, 0.6) is 0 Å². The molecule has 1 saturated carbocycles. The molecule has 7 nitrogen and oxygen atoms in total. The number of hydrogen-bond donors (Lipinski definition) is 2. The third kappa shape index (κ3) is 2.04. The highest BCUT2D eigenvalue weighted by atomic mass is 16.3. The van der Waals surface area contributed by atoms with E-state index >= 15 is 0 Å². The molecule has 1 aliphatic carbocycles. The highest BCUT2D eigenvalue weighted by Gasteiger charge is 2.43. The molecule has 4 rings (SSSR count). The van der Waals surface area contributed by atoms with Crippen molar-refractivity contribution in [2.24, 2.45) is 0 Å². The SMILES string of the molecule is O=C(c1ccoc1C1CC1)N1CC[C@](O)(c2cn[nH]n2)C1. The van der Waals surface area contributed by atoms with Gasteiger partial charge in [-0.25, -0.2) is 0 Å². The zero-order chi connectivity index (χ0) is 14.4. The minimum atomic E-state index is -1.12. The van der Waals surface area contributed by atoms with E-state index in [9.17, 15) is 9.90 Å². The van der Waals surface area contributed by atoms with Crippen LogP contribution in [0, 0.1) is 0 Å². The van der Waals surface area contributed by atoms with Crippen molar-refractivity contribution < 1.29 is 14.3 Å². The highest BCUT2D eigenvalue weighted by Crippen LogP contribution is 2.42. The molecule has 7 heteroatoms. The van der Waals surface area contributed by atoms with Gasteiger partial charge in [0.2, 0.25) is 0 Å². The van der Waals surface area contributed by atoms with E-state index in [2.05, 4.69) is 15.4 Å². The second kappa shape index (κ2) is 4.42. The minimum Gasteiger partial charge on any atom is -0.468 e. The van der Waals surface area contributed by atoms with Crippen LogP contribution in [0.25, 0.3) is 0 Å². The van der Waals surface area contributed by atoms with Gasteiger partial charge in [0.15, 0.2) is 0 Å². The summed E-state index contributed by atoms with van der Waals surface area (Å²) >= 11 is 0. The molecule has 2 fully saturated rings. The summed E-state index contributed by atoms with van der Waals surface area (Å²) < 4.78 is 5.46. The first-order valence-corrected chi connectivity index (χ1v) is 7.13. The molecule has 110 valence electrons. The lowest BCUT2D eigenvalue weighted by Crippen LogP contribution is -2.34. The number of carbonyl (C=O) groups excluding carboxylic acids is 1. The summed E-state index contributed by atoms with van der Waals surface area (Å²) in [5.41, 5.74) is -0.0131. The Bertz CT molecular complexity index is 662. The summed E-state index contributed by atoms with van der Waals surface area (Å²) in [6.45, 7) is 0.727. The predicted octanol–water partition coefficient (Wildman–Crippen LogP) is 1.01. The number of β-amino-alcohol motifs (C(OH)–C–C–N with tert-alkyl or cyclic N) is 1. The molecule has 2 aromatic rings. The quantitative estimate of drug-likeness (QED) is 0.878. The average Bonchev–Trinajstić information content (AvgIpc) is 2.95. The van der Waals surface area contributed by atoms with Crippen LogP contribution in [0.2, 0.25) is 0 Å². The molecule has 21 heavy (non-hydrogen) atoms. The Morgan fingerprint density at radius 1 is 1.52 bits per heavy atom. The van der Waals surface area contributed by atoms with Gasteiger partial charge in [0, 0.05) is 18.9 Å². The Labute approximate surface area is 120 Å². The molecule has 2 N–H and O–H groups in total. The van der Waals surface area contributed by atoms with Crippen LogP contribution in [0.15, 0.2) is 22.9 Å². The first kappa shape index (κ1) is 12.6. The zero-order valence-electron chi connectivity index (χ0n) is 11.5. The Morgan fingerprint density at radius 2 is 2.38 bits per heavy atom. The van der Waals surface area contributed by atoms with Crippen LogP contribution in [0.4, 0.5) is 0 Å². The predicted molar refractivity (Wildman–Crippen MR) is 71.5 cm³/mol. The smallest absolute Gasteiger partial charge is 0.257 e. The molecule has 0 spiro atoms. The molecular weight excluding hydrogens is 272 g/mol. The topological polar surface area (TPSA) is 95.3 Å². The number of rotatable bonds is 3. The first-order chi connectivity index (χ1) is 10.2. The molecule has 2 aromatic heterocycles. The summed E-state index contributed by atoms with van der Waals surface area (Å²) in [6, 6.07) is 1.73. The number of aromatic amines is 1. The fourth-order valence-electron chi connectivity index (χ4n) is 2.93. The molecule has 0 radical (unpaired) electrons. The Morgan fingerprint density at radius 3 is 3.10 bits per heavy atom. The Balaban J connectivity index is 1.55. The molecule has 2 aliphatic rings.